The Morgan fingerprint density at radius 1 is 0.806 bits per heavy atom. The minimum absolute atomic E-state index is 0.268. The molecule has 0 fully saturated rings. The highest BCUT2D eigenvalue weighted by Gasteiger charge is 2.14. The molecule has 0 unspecified atom stereocenters. The van der Waals surface area contributed by atoms with Crippen LogP contribution in [-0.4, -0.2) is 20.1 Å². The lowest BCUT2D eigenvalue weighted by molar-refractivity contribution is 0.458. The summed E-state index contributed by atoms with van der Waals surface area (Å²) in [5.74, 6) is 0.268. The summed E-state index contributed by atoms with van der Waals surface area (Å²) in [4.78, 5) is 1.53. The number of hydrogen-bond donors (Lipinski definition) is 2. The largest absolute Gasteiger partial charge is 0.505 e. The summed E-state index contributed by atoms with van der Waals surface area (Å²) < 4.78 is 0. The van der Waals surface area contributed by atoms with Crippen molar-refractivity contribution in [2.24, 2.45) is 5.73 Å². The maximum atomic E-state index is 10.9. The van der Waals surface area contributed by atoms with Gasteiger partial charge in [0.25, 0.3) is 0 Å². The first-order valence-corrected chi connectivity index (χ1v) is 12.1. The molecule has 0 spiro atoms. The predicted molar refractivity (Wildman–Crippen MR) is 129 cm³/mol. The van der Waals surface area contributed by atoms with Crippen LogP contribution in [0.5, 0.6) is 5.75 Å². The van der Waals surface area contributed by atoms with Crippen LogP contribution in [0.15, 0.2) is 36.4 Å². The zero-order chi connectivity index (χ0) is 21.9. The second-order valence-electron chi connectivity index (χ2n) is 8.59. The summed E-state index contributed by atoms with van der Waals surface area (Å²) in [6, 6.07) is 11.6. The van der Waals surface area contributed by atoms with Crippen molar-refractivity contribution in [2.75, 3.05) is 0 Å². The van der Waals surface area contributed by atoms with E-state index >= 15 is 0 Å². The minimum atomic E-state index is 0.268. The Hall–Kier alpha value is -2.40. The van der Waals surface area contributed by atoms with Crippen molar-refractivity contribution < 1.29 is 5.11 Å². The monoisotopic (exact) mass is 422 g/mol. The van der Waals surface area contributed by atoms with Gasteiger partial charge in [0.2, 0.25) is 0 Å². The third-order valence-electron chi connectivity index (χ3n) is 6.02. The van der Waals surface area contributed by atoms with E-state index in [4.69, 9.17) is 5.73 Å². The Morgan fingerprint density at radius 3 is 1.90 bits per heavy atom. The van der Waals surface area contributed by atoms with Crippen LogP contribution >= 0.6 is 0 Å². The van der Waals surface area contributed by atoms with Gasteiger partial charge in [0.15, 0.2) is 0 Å². The van der Waals surface area contributed by atoms with E-state index < -0.39 is 0 Å². The Balaban J connectivity index is 1.50. The van der Waals surface area contributed by atoms with E-state index in [0.29, 0.717) is 12.2 Å². The molecule has 31 heavy (non-hydrogen) atoms. The van der Waals surface area contributed by atoms with Gasteiger partial charge in [-0.2, -0.15) is 0 Å². The molecule has 5 heteroatoms. The zero-order valence-corrected chi connectivity index (χ0v) is 19.0. The second kappa shape index (κ2) is 12.5. The SMILES string of the molecule is CCCCCCCCCCCCCc1cc(CN)cc(-n2nc3ccccc3n2)c1O. The van der Waals surface area contributed by atoms with Crippen molar-refractivity contribution in [3.63, 3.8) is 0 Å². The van der Waals surface area contributed by atoms with Crippen LogP contribution in [0.25, 0.3) is 16.7 Å². The summed E-state index contributed by atoms with van der Waals surface area (Å²) in [5.41, 5.74) is 10.1. The summed E-state index contributed by atoms with van der Waals surface area (Å²) in [7, 11) is 0. The molecule has 3 aromatic rings. The Kier molecular flexibility index (Phi) is 9.35. The number of hydrogen-bond acceptors (Lipinski definition) is 4. The van der Waals surface area contributed by atoms with E-state index in [-0.39, 0.29) is 5.75 Å². The van der Waals surface area contributed by atoms with Crippen molar-refractivity contribution in [1.29, 1.82) is 0 Å². The Morgan fingerprint density at radius 2 is 1.35 bits per heavy atom. The maximum Gasteiger partial charge on any atom is 0.146 e. The van der Waals surface area contributed by atoms with Gasteiger partial charge in [-0.3, -0.25) is 0 Å². The van der Waals surface area contributed by atoms with Crippen molar-refractivity contribution in [3.8, 4) is 11.4 Å². The molecule has 0 aliphatic rings. The molecule has 2 aromatic carbocycles. The van der Waals surface area contributed by atoms with Gasteiger partial charge in [0, 0.05) is 6.54 Å². The molecular weight excluding hydrogens is 384 g/mol. The van der Waals surface area contributed by atoms with Crippen molar-refractivity contribution in [2.45, 2.75) is 90.5 Å². The van der Waals surface area contributed by atoms with Crippen LogP contribution in [0.4, 0.5) is 0 Å². The third-order valence-corrected chi connectivity index (χ3v) is 6.02. The van der Waals surface area contributed by atoms with E-state index in [1.165, 1.54) is 69.0 Å². The van der Waals surface area contributed by atoms with Gasteiger partial charge in [-0.05, 0) is 42.2 Å². The highest BCUT2D eigenvalue weighted by atomic mass is 16.3. The first kappa shape index (κ1) is 23.3. The van der Waals surface area contributed by atoms with E-state index in [2.05, 4.69) is 17.1 Å². The number of phenolic OH excluding ortho intramolecular Hbond substituents is 1. The fraction of sp³-hybridized carbons (Fsp3) is 0.538. The average Bonchev–Trinajstić information content (AvgIpc) is 3.22. The molecule has 0 amide bonds. The molecular formula is C26H38N4O. The van der Waals surface area contributed by atoms with Crippen molar-refractivity contribution in [3.05, 3.63) is 47.5 Å². The van der Waals surface area contributed by atoms with Crippen LogP contribution in [0.1, 0.15) is 88.7 Å². The Bertz CT molecular complexity index is 901. The minimum Gasteiger partial charge on any atom is -0.505 e. The van der Waals surface area contributed by atoms with Gasteiger partial charge in [-0.1, -0.05) is 89.3 Å². The molecule has 1 aromatic heterocycles. The van der Waals surface area contributed by atoms with E-state index in [1.54, 1.807) is 0 Å². The highest BCUT2D eigenvalue weighted by Crippen LogP contribution is 2.29. The Labute approximate surface area is 186 Å². The number of aryl methyl sites for hydroxylation is 1. The van der Waals surface area contributed by atoms with E-state index in [0.717, 1.165) is 35.0 Å². The molecule has 0 radical (unpaired) electrons. The fourth-order valence-corrected chi connectivity index (χ4v) is 4.15. The van der Waals surface area contributed by atoms with Crippen LogP contribution in [0.2, 0.25) is 0 Å². The number of aromatic nitrogens is 3. The molecule has 0 saturated carbocycles. The van der Waals surface area contributed by atoms with Crippen molar-refractivity contribution in [1.82, 2.24) is 15.0 Å². The summed E-state index contributed by atoms with van der Waals surface area (Å²) in [6.07, 6.45) is 15.3. The number of unbranched alkanes of at least 4 members (excludes halogenated alkanes) is 10. The number of rotatable bonds is 14. The van der Waals surface area contributed by atoms with E-state index in [9.17, 15) is 5.11 Å². The number of nitrogens with two attached hydrogens (primary N) is 1. The topological polar surface area (TPSA) is 77.0 Å². The van der Waals surface area contributed by atoms with Gasteiger partial charge in [0.1, 0.15) is 22.5 Å². The quantitative estimate of drug-likeness (QED) is 0.293. The molecule has 168 valence electrons. The number of nitrogens with zero attached hydrogens (tertiary/aromatic N) is 3. The lowest BCUT2D eigenvalue weighted by Crippen LogP contribution is -2.05. The lowest BCUT2D eigenvalue weighted by atomic mass is 10.0. The normalized spacial score (nSPS) is 11.4. The molecule has 3 N–H and O–H groups in total. The van der Waals surface area contributed by atoms with Crippen molar-refractivity contribution >= 4 is 11.0 Å². The molecule has 1 heterocycles. The second-order valence-corrected chi connectivity index (χ2v) is 8.59. The van der Waals surface area contributed by atoms with Crippen LogP contribution in [-0.2, 0) is 13.0 Å². The molecule has 3 rings (SSSR count). The first-order chi connectivity index (χ1) is 15.2. The number of benzene rings is 2. The van der Waals surface area contributed by atoms with Gasteiger partial charge in [0.05, 0.1) is 0 Å². The smallest absolute Gasteiger partial charge is 0.146 e. The zero-order valence-electron chi connectivity index (χ0n) is 19.0. The van der Waals surface area contributed by atoms with Gasteiger partial charge in [-0.25, -0.2) is 0 Å². The number of aromatic hydroxyl groups is 1. The summed E-state index contributed by atoms with van der Waals surface area (Å²) in [5, 5.41) is 20.0. The predicted octanol–water partition coefficient (Wildman–Crippen LogP) is 6.44. The molecule has 0 atom stereocenters. The number of phenols is 1. The van der Waals surface area contributed by atoms with Crippen LogP contribution < -0.4 is 5.73 Å². The molecule has 0 saturated heterocycles. The van der Waals surface area contributed by atoms with Crippen LogP contribution in [0.3, 0.4) is 0 Å². The maximum absolute atomic E-state index is 10.9. The molecule has 5 nitrogen and oxygen atoms in total. The van der Waals surface area contributed by atoms with E-state index in [1.807, 2.05) is 36.4 Å². The van der Waals surface area contributed by atoms with Gasteiger partial charge in [-0.15, -0.1) is 15.0 Å². The average molecular weight is 423 g/mol. The van der Waals surface area contributed by atoms with Gasteiger partial charge < -0.3 is 10.8 Å². The highest BCUT2D eigenvalue weighted by molar-refractivity contribution is 5.73. The molecule has 0 aliphatic heterocycles. The lowest BCUT2D eigenvalue weighted by Gasteiger charge is -2.12. The third kappa shape index (κ3) is 6.79. The fourth-order valence-electron chi connectivity index (χ4n) is 4.15. The standard InChI is InChI=1S/C26H38N4O/c1-2-3-4-5-6-7-8-9-10-11-12-15-22-18-21(20-27)19-25(26(22)31)30-28-23-16-13-14-17-24(23)29-30/h13-14,16-19,31H,2-12,15,20,27H2,1H3. The summed E-state index contributed by atoms with van der Waals surface area (Å²) in [6.45, 7) is 2.70. The number of fused-ring (bicyclic) bond motifs is 1. The molecule has 0 aliphatic carbocycles. The van der Waals surface area contributed by atoms with Crippen LogP contribution in [0, 0.1) is 0 Å². The first-order valence-electron chi connectivity index (χ1n) is 12.1. The van der Waals surface area contributed by atoms with Gasteiger partial charge >= 0.3 is 0 Å². The molecule has 0 bridgehead atoms. The summed E-state index contributed by atoms with van der Waals surface area (Å²) >= 11 is 0.